The number of nitrogens with one attached hydrogen (secondary N) is 2. The van der Waals surface area contributed by atoms with E-state index in [-0.39, 0.29) is 6.03 Å². The molecule has 0 unspecified atom stereocenters. The molecule has 3 aromatic rings. The molecule has 0 fully saturated rings. The Morgan fingerprint density at radius 2 is 1.87 bits per heavy atom. The molecule has 1 heterocycles. The molecule has 0 aliphatic heterocycles. The minimum atomic E-state index is -0.148. The predicted molar refractivity (Wildman–Crippen MR) is 127 cm³/mol. The summed E-state index contributed by atoms with van der Waals surface area (Å²) in [5, 5.41) is 7.08. The molecule has 31 heavy (non-hydrogen) atoms. The van der Waals surface area contributed by atoms with Gasteiger partial charge in [-0.05, 0) is 49.5 Å². The first kappa shape index (κ1) is 22.1. The van der Waals surface area contributed by atoms with Crippen LogP contribution in [-0.4, -0.2) is 59.0 Å². The zero-order chi connectivity index (χ0) is 22.2. The van der Waals surface area contributed by atoms with Crippen LogP contribution in [0.15, 0.2) is 48.8 Å². The third-order valence-electron chi connectivity index (χ3n) is 5.17. The van der Waals surface area contributed by atoms with Crippen LogP contribution in [0, 0.1) is 12.3 Å². The average Bonchev–Trinajstić information content (AvgIpc) is 2.79. The number of carbonyl (C=O) groups excluding carboxylic acids is 1. The van der Waals surface area contributed by atoms with E-state index in [1.807, 2.05) is 42.5 Å². The fourth-order valence-electron chi connectivity index (χ4n) is 3.21. The minimum absolute atomic E-state index is 0.148. The summed E-state index contributed by atoms with van der Waals surface area (Å²) in [4.78, 5) is 25.2. The summed E-state index contributed by atoms with van der Waals surface area (Å²) in [6, 6.07) is 13.0. The zero-order valence-corrected chi connectivity index (χ0v) is 18.2. The van der Waals surface area contributed by atoms with Crippen LogP contribution in [0.3, 0.4) is 0 Å². The van der Waals surface area contributed by atoms with Gasteiger partial charge in [0.25, 0.3) is 0 Å². The Morgan fingerprint density at radius 3 is 2.61 bits per heavy atom. The highest BCUT2D eigenvalue weighted by Gasteiger charge is 2.12. The second-order valence-corrected chi connectivity index (χ2v) is 7.18. The number of aromatic nitrogens is 2. The Bertz CT molecular complexity index is 1090. The van der Waals surface area contributed by atoms with Gasteiger partial charge in [-0.15, -0.1) is 6.42 Å². The fourth-order valence-corrected chi connectivity index (χ4v) is 3.21. The van der Waals surface area contributed by atoms with Gasteiger partial charge in [0.1, 0.15) is 12.1 Å². The van der Waals surface area contributed by atoms with Crippen molar-refractivity contribution < 1.29 is 4.79 Å². The third kappa shape index (κ3) is 5.71. The molecule has 7 heteroatoms. The maximum Gasteiger partial charge on any atom is 0.321 e. The van der Waals surface area contributed by atoms with Gasteiger partial charge >= 0.3 is 6.03 Å². The first-order valence-corrected chi connectivity index (χ1v) is 10.4. The molecule has 0 bridgehead atoms. The van der Waals surface area contributed by atoms with E-state index in [0.29, 0.717) is 18.1 Å². The maximum atomic E-state index is 12.5. The summed E-state index contributed by atoms with van der Waals surface area (Å²) in [5.74, 6) is 3.30. The molecule has 2 N–H and O–H groups in total. The smallest absolute Gasteiger partial charge is 0.321 e. The highest BCUT2D eigenvalue weighted by atomic mass is 16.2. The van der Waals surface area contributed by atoms with Crippen LogP contribution in [-0.2, 0) is 0 Å². The minimum Gasteiger partial charge on any atom is -0.340 e. The van der Waals surface area contributed by atoms with Crippen LogP contribution >= 0.6 is 0 Å². The number of amides is 2. The van der Waals surface area contributed by atoms with Crippen molar-refractivity contribution in [3.8, 4) is 12.3 Å². The van der Waals surface area contributed by atoms with E-state index in [4.69, 9.17) is 6.42 Å². The van der Waals surface area contributed by atoms with Crippen molar-refractivity contribution >= 4 is 34.1 Å². The second kappa shape index (κ2) is 10.4. The quantitative estimate of drug-likeness (QED) is 0.540. The van der Waals surface area contributed by atoms with Gasteiger partial charge in [-0.3, -0.25) is 0 Å². The van der Waals surface area contributed by atoms with Crippen LogP contribution in [0.1, 0.15) is 19.4 Å². The lowest BCUT2D eigenvalue weighted by molar-refractivity contribution is 0.210. The number of hydrogen-bond donors (Lipinski definition) is 2. The largest absolute Gasteiger partial charge is 0.340 e. The number of terminal acetylenes is 1. The molecule has 0 spiro atoms. The van der Waals surface area contributed by atoms with Gasteiger partial charge in [0.2, 0.25) is 0 Å². The number of rotatable bonds is 8. The van der Waals surface area contributed by atoms with Crippen LogP contribution in [0.25, 0.3) is 10.9 Å². The van der Waals surface area contributed by atoms with E-state index >= 15 is 0 Å². The Morgan fingerprint density at radius 1 is 1.06 bits per heavy atom. The molecule has 0 saturated heterocycles. The summed E-state index contributed by atoms with van der Waals surface area (Å²) in [5.41, 5.74) is 3.06. The van der Waals surface area contributed by atoms with E-state index in [1.165, 1.54) is 6.33 Å². The molecule has 3 rings (SSSR count). The van der Waals surface area contributed by atoms with E-state index in [0.717, 1.165) is 41.8 Å². The van der Waals surface area contributed by atoms with Gasteiger partial charge in [0.05, 0.1) is 5.52 Å². The highest BCUT2D eigenvalue weighted by molar-refractivity contribution is 5.96. The molecular weight excluding hydrogens is 388 g/mol. The standard InChI is InChI=1S/C24H28N6O/c1-5-18-9-8-10-19(15-18)27-23-21-12-11-20(16-22(21)25-17-26-23)28-24(31)29(4)13-14-30(6-2)7-3/h1,8-12,15-17H,6-7,13-14H2,2-4H3,(H,28,31)(H,25,26,27). The van der Waals surface area contributed by atoms with Gasteiger partial charge in [-0.1, -0.05) is 25.8 Å². The normalized spacial score (nSPS) is 10.7. The molecule has 0 aliphatic rings. The molecule has 160 valence electrons. The lowest BCUT2D eigenvalue weighted by atomic mass is 10.2. The van der Waals surface area contributed by atoms with Crippen LogP contribution in [0.4, 0.5) is 22.0 Å². The molecule has 0 radical (unpaired) electrons. The van der Waals surface area contributed by atoms with Crippen molar-refractivity contribution in [2.45, 2.75) is 13.8 Å². The summed E-state index contributed by atoms with van der Waals surface area (Å²) in [6.45, 7) is 7.69. The number of benzene rings is 2. The van der Waals surface area contributed by atoms with Gasteiger partial charge in [-0.2, -0.15) is 0 Å². The lowest BCUT2D eigenvalue weighted by Gasteiger charge is -2.23. The molecule has 0 atom stereocenters. The summed E-state index contributed by atoms with van der Waals surface area (Å²) in [7, 11) is 1.80. The molecule has 1 aromatic heterocycles. The second-order valence-electron chi connectivity index (χ2n) is 7.18. The van der Waals surface area contributed by atoms with E-state index in [1.54, 1.807) is 11.9 Å². The Labute approximate surface area is 183 Å². The number of likely N-dealkylation sites (N-methyl/N-ethyl adjacent to an activating group) is 2. The maximum absolute atomic E-state index is 12.5. The lowest BCUT2D eigenvalue weighted by Crippen LogP contribution is -2.38. The summed E-state index contributed by atoms with van der Waals surface area (Å²) in [6.07, 6.45) is 6.98. The first-order chi connectivity index (χ1) is 15.0. The van der Waals surface area contributed by atoms with Crippen molar-refractivity contribution in [3.05, 3.63) is 54.4 Å². The number of carbonyl (C=O) groups is 1. The Balaban J connectivity index is 1.71. The molecule has 2 amide bonds. The number of urea groups is 1. The Hall–Kier alpha value is -3.63. The summed E-state index contributed by atoms with van der Waals surface area (Å²) >= 11 is 0. The first-order valence-electron chi connectivity index (χ1n) is 10.4. The van der Waals surface area contributed by atoms with Crippen LogP contribution < -0.4 is 10.6 Å². The summed E-state index contributed by atoms with van der Waals surface area (Å²) < 4.78 is 0. The molecule has 0 aliphatic carbocycles. The average molecular weight is 417 g/mol. The molecule has 0 saturated carbocycles. The van der Waals surface area contributed by atoms with Gasteiger partial charge in [-0.25, -0.2) is 14.8 Å². The molecular formula is C24H28N6O. The highest BCUT2D eigenvalue weighted by Crippen LogP contribution is 2.25. The molecule has 7 nitrogen and oxygen atoms in total. The van der Waals surface area contributed by atoms with Crippen LogP contribution in [0.2, 0.25) is 0 Å². The number of anilines is 3. The number of nitrogens with zero attached hydrogens (tertiary/aromatic N) is 4. The van der Waals surface area contributed by atoms with Gasteiger partial charge < -0.3 is 20.4 Å². The van der Waals surface area contributed by atoms with Crippen molar-refractivity contribution in [1.29, 1.82) is 0 Å². The number of fused-ring (bicyclic) bond motifs is 1. The Kier molecular flexibility index (Phi) is 7.41. The predicted octanol–water partition coefficient (Wildman–Crippen LogP) is 4.16. The van der Waals surface area contributed by atoms with E-state index in [2.05, 4.69) is 45.3 Å². The van der Waals surface area contributed by atoms with E-state index in [9.17, 15) is 4.79 Å². The van der Waals surface area contributed by atoms with Crippen molar-refractivity contribution in [3.63, 3.8) is 0 Å². The monoisotopic (exact) mass is 416 g/mol. The van der Waals surface area contributed by atoms with Crippen molar-refractivity contribution in [1.82, 2.24) is 19.8 Å². The van der Waals surface area contributed by atoms with Gasteiger partial charge in [0, 0.05) is 42.5 Å². The SMILES string of the molecule is C#Cc1cccc(Nc2ncnc3cc(NC(=O)N(C)CCN(CC)CC)ccc23)c1. The van der Waals surface area contributed by atoms with E-state index < -0.39 is 0 Å². The topological polar surface area (TPSA) is 73.4 Å². The number of hydrogen-bond acceptors (Lipinski definition) is 5. The van der Waals surface area contributed by atoms with Crippen molar-refractivity contribution in [2.24, 2.45) is 0 Å². The van der Waals surface area contributed by atoms with Gasteiger partial charge in [0.15, 0.2) is 0 Å². The fraction of sp³-hybridized carbons (Fsp3) is 0.292. The van der Waals surface area contributed by atoms with Crippen LogP contribution in [0.5, 0.6) is 0 Å². The van der Waals surface area contributed by atoms with Crippen molar-refractivity contribution in [2.75, 3.05) is 43.9 Å². The third-order valence-corrected chi connectivity index (χ3v) is 5.17. The molecule has 2 aromatic carbocycles. The zero-order valence-electron chi connectivity index (χ0n) is 18.2.